The van der Waals surface area contributed by atoms with Crippen molar-refractivity contribution < 1.29 is 14.7 Å². The van der Waals surface area contributed by atoms with Crippen molar-refractivity contribution in [3.63, 3.8) is 0 Å². The molecule has 0 bridgehead atoms. The summed E-state index contributed by atoms with van der Waals surface area (Å²) in [5, 5.41) is 10.9. The van der Waals surface area contributed by atoms with E-state index >= 15 is 0 Å². The molecular formula is C16H16ClNO3S. The number of halogens is 1. The van der Waals surface area contributed by atoms with Crippen LogP contribution >= 0.6 is 23.7 Å². The van der Waals surface area contributed by atoms with Crippen molar-refractivity contribution in [3.05, 3.63) is 46.7 Å². The number of carboxylic acids is 1. The van der Waals surface area contributed by atoms with Crippen molar-refractivity contribution >= 4 is 35.6 Å². The van der Waals surface area contributed by atoms with Gasteiger partial charge in [-0.3, -0.25) is 9.59 Å². The molecule has 1 aromatic carbocycles. The number of carbonyl (C=O) groups is 2. The van der Waals surface area contributed by atoms with Gasteiger partial charge in [0.2, 0.25) is 0 Å². The standard InChI is InChI=1S/C16H15NO3S.ClH/c18-15(17-8-6-12(10-17)16(19)20)14-13(7-9-21-14)11-4-2-1-3-5-11;/h1-5,7,9,12H,6,8,10H2,(H,19,20);1H. The molecule has 0 spiro atoms. The minimum Gasteiger partial charge on any atom is -0.481 e. The van der Waals surface area contributed by atoms with E-state index in [0.29, 0.717) is 24.4 Å². The molecule has 22 heavy (non-hydrogen) atoms. The van der Waals surface area contributed by atoms with E-state index in [9.17, 15) is 9.59 Å². The fourth-order valence-corrected chi connectivity index (χ4v) is 3.49. The Bertz CT molecular complexity index is 671. The molecule has 1 fully saturated rings. The molecule has 4 nitrogen and oxygen atoms in total. The average molecular weight is 338 g/mol. The zero-order valence-electron chi connectivity index (χ0n) is 11.8. The summed E-state index contributed by atoms with van der Waals surface area (Å²) < 4.78 is 0. The lowest BCUT2D eigenvalue weighted by atomic mass is 10.1. The first kappa shape index (κ1) is 16.5. The Kier molecular flexibility index (Phi) is 5.21. The van der Waals surface area contributed by atoms with Gasteiger partial charge in [-0.05, 0) is 23.4 Å². The molecule has 0 saturated carbocycles. The van der Waals surface area contributed by atoms with Gasteiger partial charge in [-0.15, -0.1) is 23.7 Å². The maximum Gasteiger partial charge on any atom is 0.308 e. The van der Waals surface area contributed by atoms with E-state index in [1.807, 2.05) is 41.8 Å². The van der Waals surface area contributed by atoms with Crippen LogP contribution in [-0.2, 0) is 4.79 Å². The van der Waals surface area contributed by atoms with Gasteiger partial charge in [0.25, 0.3) is 5.91 Å². The van der Waals surface area contributed by atoms with Gasteiger partial charge in [0.1, 0.15) is 0 Å². The summed E-state index contributed by atoms with van der Waals surface area (Å²) in [5.41, 5.74) is 1.93. The lowest BCUT2D eigenvalue weighted by Gasteiger charge is -2.16. The highest BCUT2D eigenvalue weighted by molar-refractivity contribution is 7.12. The van der Waals surface area contributed by atoms with Crippen molar-refractivity contribution in [1.29, 1.82) is 0 Å². The molecule has 1 aliphatic rings. The van der Waals surface area contributed by atoms with E-state index in [1.165, 1.54) is 11.3 Å². The number of hydrogen-bond acceptors (Lipinski definition) is 3. The number of thiophene rings is 1. The van der Waals surface area contributed by atoms with E-state index in [2.05, 4.69) is 0 Å². The largest absolute Gasteiger partial charge is 0.481 e. The highest BCUT2D eigenvalue weighted by Gasteiger charge is 2.32. The molecule has 1 aliphatic heterocycles. The van der Waals surface area contributed by atoms with Crippen LogP contribution in [0.4, 0.5) is 0 Å². The van der Waals surface area contributed by atoms with Crippen LogP contribution in [0.15, 0.2) is 41.8 Å². The number of carbonyl (C=O) groups excluding carboxylic acids is 1. The first-order chi connectivity index (χ1) is 10.2. The molecule has 1 amide bonds. The summed E-state index contributed by atoms with van der Waals surface area (Å²) in [5.74, 6) is -1.32. The van der Waals surface area contributed by atoms with Gasteiger partial charge in [0.15, 0.2) is 0 Å². The van der Waals surface area contributed by atoms with Gasteiger partial charge in [-0.1, -0.05) is 30.3 Å². The number of aliphatic carboxylic acids is 1. The SMILES string of the molecule is Cl.O=C(O)C1CCN(C(=O)c2sccc2-c2ccccc2)C1. The molecular weight excluding hydrogens is 322 g/mol. The van der Waals surface area contributed by atoms with Crippen LogP contribution in [0.5, 0.6) is 0 Å². The lowest BCUT2D eigenvalue weighted by molar-refractivity contribution is -0.141. The molecule has 1 atom stereocenters. The number of rotatable bonds is 3. The monoisotopic (exact) mass is 337 g/mol. The van der Waals surface area contributed by atoms with E-state index in [1.54, 1.807) is 4.90 Å². The summed E-state index contributed by atoms with van der Waals surface area (Å²) in [7, 11) is 0. The van der Waals surface area contributed by atoms with Gasteiger partial charge < -0.3 is 10.0 Å². The summed E-state index contributed by atoms with van der Waals surface area (Å²) in [6.07, 6.45) is 0.535. The van der Waals surface area contributed by atoms with Crippen LogP contribution in [0.3, 0.4) is 0 Å². The van der Waals surface area contributed by atoms with Crippen LogP contribution in [0, 0.1) is 5.92 Å². The number of benzene rings is 1. The quantitative estimate of drug-likeness (QED) is 0.934. The average Bonchev–Trinajstić information content (AvgIpc) is 3.17. The molecule has 1 N–H and O–H groups in total. The van der Waals surface area contributed by atoms with E-state index in [4.69, 9.17) is 5.11 Å². The fraction of sp³-hybridized carbons (Fsp3) is 0.250. The molecule has 1 aromatic heterocycles. The van der Waals surface area contributed by atoms with E-state index < -0.39 is 11.9 Å². The molecule has 6 heteroatoms. The van der Waals surface area contributed by atoms with Crippen LogP contribution in [0.1, 0.15) is 16.1 Å². The third kappa shape index (κ3) is 3.15. The molecule has 3 rings (SSSR count). The van der Waals surface area contributed by atoms with Crippen LogP contribution in [0.2, 0.25) is 0 Å². The zero-order valence-corrected chi connectivity index (χ0v) is 13.4. The van der Waals surface area contributed by atoms with Gasteiger partial charge in [0, 0.05) is 18.7 Å². The van der Waals surface area contributed by atoms with Crippen molar-refractivity contribution in [2.45, 2.75) is 6.42 Å². The topological polar surface area (TPSA) is 57.6 Å². The van der Waals surface area contributed by atoms with Gasteiger partial charge in [-0.2, -0.15) is 0 Å². The van der Waals surface area contributed by atoms with Crippen molar-refractivity contribution in [3.8, 4) is 11.1 Å². The maximum absolute atomic E-state index is 12.6. The van der Waals surface area contributed by atoms with Crippen molar-refractivity contribution in [2.75, 3.05) is 13.1 Å². The molecule has 0 radical (unpaired) electrons. The molecule has 116 valence electrons. The Morgan fingerprint density at radius 3 is 2.55 bits per heavy atom. The van der Waals surface area contributed by atoms with Crippen molar-refractivity contribution in [2.24, 2.45) is 5.92 Å². The van der Waals surface area contributed by atoms with Gasteiger partial charge >= 0.3 is 5.97 Å². The number of nitrogens with zero attached hydrogens (tertiary/aromatic N) is 1. The predicted octanol–water partition coefficient (Wildman–Crippen LogP) is 3.38. The molecule has 2 heterocycles. The minimum atomic E-state index is -0.820. The zero-order chi connectivity index (χ0) is 14.8. The highest BCUT2D eigenvalue weighted by Crippen LogP contribution is 2.30. The number of hydrogen-bond donors (Lipinski definition) is 1. The normalized spacial score (nSPS) is 17.1. The first-order valence-corrected chi connectivity index (χ1v) is 7.70. The summed E-state index contributed by atoms with van der Waals surface area (Å²) >= 11 is 1.41. The summed E-state index contributed by atoms with van der Waals surface area (Å²) in [6.45, 7) is 0.822. The summed E-state index contributed by atoms with van der Waals surface area (Å²) in [4.78, 5) is 26.0. The third-order valence-electron chi connectivity index (χ3n) is 3.77. The Morgan fingerprint density at radius 2 is 1.91 bits per heavy atom. The molecule has 2 aromatic rings. The molecule has 1 saturated heterocycles. The lowest BCUT2D eigenvalue weighted by Crippen LogP contribution is -2.29. The smallest absolute Gasteiger partial charge is 0.308 e. The Labute approximate surface area is 138 Å². The van der Waals surface area contributed by atoms with Crippen LogP contribution in [-0.4, -0.2) is 35.0 Å². The van der Waals surface area contributed by atoms with Crippen molar-refractivity contribution in [1.82, 2.24) is 4.90 Å². The predicted molar refractivity (Wildman–Crippen MR) is 88.6 cm³/mol. The minimum absolute atomic E-state index is 0. The van der Waals surface area contributed by atoms with E-state index in [-0.39, 0.29) is 18.3 Å². The number of likely N-dealkylation sites (tertiary alicyclic amines) is 1. The highest BCUT2D eigenvalue weighted by atomic mass is 35.5. The third-order valence-corrected chi connectivity index (χ3v) is 4.67. The number of amides is 1. The number of carboxylic acid groups (broad SMARTS) is 1. The second-order valence-electron chi connectivity index (χ2n) is 5.10. The molecule has 0 aliphatic carbocycles. The summed E-state index contributed by atoms with van der Waals surface area (Å²) in [6, 6.07) is 11.7. The Hall–Kier alpha value is -1.85. The second kappa shape index (κ2) is 6.94. The van der Waals surface area contributed by atoms with Crippen LogP contribution in [0.25, 0.3) is 11.1 Å². The molecule has 1 unspecified atom stereocenters. The maximum atomic E-state index is 12.6. The Morgan fingerprint density at radius 1 is 1.18 bits per heavy atom. The Balaban J connectivity index is 0.00000176. The van der Waals surface area contributed by atoms with Gasteiger partial charge in [0.05, 0.1) is 10.8 Å². The first-order valence-electron chi connectivity index (χ1n) is 6.82. The van der Waals surface area contributed by atoms with E-state index in [0.717, 1.165) is 11.1 Å². The van der Waals surface area contributed by atoms with Crippen LogP contribution < -0.4 is 0 Å². The van der Waals surface area contributed by atoms with Gasteiger partial charge in [-0.25, -0.2) is 0 Å². The second-order valence-corrected chi connectivity index (χ2v) is 6.02. The fourth-order valence-electron chi connectivity index (χ4n) is 2.61.